The summed E-state index contributed by atoms with van der Waals surface area (Å²) in [4.78, 5) is 0. The first-order valence-corrected chi connectivity index (χ1v) is 12.7. The highest BCUT2D eigenvalue weighted by Gasteiger charge is 2.32. The summed E-state index contributed by atoms with van der Waals surface area (Å²) in [7, 11) is 0. The molecule has 1 aromatic rings. The predicted octanol–water partition coefficient (Wildman–Crippen LogP) is 8.80. The predicted molar refractivity (Wildman–Crippen MR) is 121 cm³/mol. The number of ether oxygens (including phenoxy) is 1. The minimum absolute atomic E-state index is 0.0539. The topological polar surface area (TPSA) is 9.23 Å². The third-order valence-electron chi connectivity index (χ3n) is 7.77. The van der Waals surface area contributed by atoms with E-state index in [0.29, 0.717) is 12.2 Å². The highest BCUT2D eigenvalue weighted by molar-refractivity contribution is 5.33. The summed E-state index contributed by atoms with van der Waals surface area (Å²) in [5.41, 5.74) is 0.561. The van der Waals surface area contributed by atoms with Crippen molar-refractivity contribution < 1.29 is 13.5 Å². The molecule has 0 heterocycles. The third kappa shape index (κ3) is 6.20. The fraction of sp³-hybridized carbons (Fsp3) is 0.778. The van der Waals surface area contributed by atoms with Crippen molar-refractivity contribution in [2.45, 2.75) is 110 Å². The van der Waals surface area contributed by atoms with E-state index in [4.69, 9.17) is 4.74 Å². The lowest BCUT2D eigenvalue weighted by molar-refractivity contribution is 0.155. The summed E-state index contributed by atoms with van der Waals surface area (Å²) in [5, 5.41) is 0. The molecule has 2 saturated carbocycles. The average molecular weight is 421 g/mol. The van der Waals surface area contributed by atoms with Gasteiger partial charge < -0.3 is 4.74 Å². The Morgan fingerprint density at radius 1 is 0.767 bits per heavy atom. The van der Waals surface area contributed by atoms with Crippen molar-refractivity contribution in [2.75, 3.05) is 6.61 Å². The zero-order valence-corrected chi connectivity index (χ0v) is 19.2. The second-order valence-corrected chi connectivity index (χ2v) is 9.87. The molecule has 2 aliphatic rings. The molecule has 0 unspecified atom stereocenters. The molecule has 0 atom stereocenters. The highest BCUT2D eigenvalue weighted by Crippen LogP contribution is 2.45. The van der Waals surface area contributed by atoms with Crippen LogP contribution < -0.4 is 4.74 Å². The lowest BCUT2D eigenvalue weighted by Crippen LogP contribution is -2.25. The van der Waals surface area contributed by atoms with E-state index in [0.717, 1.165) is 37.0 Å². The van der Waals surface area contributed by atoms with Crippen LogP contribution in [0.25, 0.3) is 0 Å². The minimum atomic E-state index is -0.805. The summed E-state index contributed by atoms with van der Waals surface area (Å²) in [6, 6.07) is 3.38. The zero-order chi connectivity index (χ0) is 21.3. The van der Waals surface area contributed by atoms with Crippen LogP contribution in [0.15, 0.2) is 12.1 Å². The fourth-order valence-electron chi connectivity index (χ4n) is 5.90. The number of hydrogen-bond acceptors (Lipinski definition) is 1. The van der Waals surface area contributed by atoms with E-state index in [-0.39, 0.29) is 11.7 Å². The molecule has 30 heavy (non-hydrogen) atoms. The summed E-state index contributed by atoms with van der Waals surface area (Å²) >= 11 is 0. The number of rotatable bonds is 10. The maximum atomic E-state index is 14.7. The standard InChI is InChI=1S/C27H42F2O/c1-3-5-6-7-8-20-9-11-21(12-10-20)22-13-15-23(16-14-22)24-17-18-25(30-19-4-2)27(29)26(24)28/h17-18,20-23H,3-16,19H2,1-2H3. The Labute approximate surface area is 183 Å². The van der Waals surface area contributed by atoms with Crippen molar-refractivity contribution in [1.82, 2.24) is 0 Å². The number of benzene rings is 1. The maximum Gasteiger partial charge on any atom is 0.200 e. The van der Waals surface area contributed by atoms with Gasteiger partial charge in [-0.3, -0.25) is 0 Å². The molecule has 3 heteroatoms. The fourth-order valence-corrected chi connectivity index (χ4v) is 5.90. The van der Waals surface area contributed by atoms with E-state index in [9.17, 15) is 8.78 Å². The van der Waals surface area contributed by atoms with Gasteiger partial charge in [-0.2, -0.15) is 4.39 Å². The molecular weight excluding hydrogens is 378 g/mol. The van der Waals surface area contributed by atoms with Crippen LogP contribution in [0.5, 0.6) is 5.75 Å². The Morgan fingerprint density at radius 3 is 2.07 bits per heavy atom. The molecule has 170 valence electrons. The monoisotopic (exact) mass is 420 g/mol. The smallest absolute Gasteiger partial charge is 0.200 e. The van der Waals surface area contributed by atoms with Gasteiger partial charge in [-0.05, 0) is 80.2 Å². The van der Waals surface area contributed by atoms with Gasteiger partial charge in [-0.15, -0.1) is 0 Å². The second-order valence-electron chi connectivity index (χ2n) is 9.87. The number of unbranched alkanes of at least 4 members (excludes halogenated alkanes) is 3. The van der Waals surface area contributed by atoms with Crippen LogP contribution in [0, 0.1) is 29.4 Å². The van der Waals surface area contributed by atoms with Crippen molar-refractivity contribution >= 4 is 0 Å². The van der Waals surface area contributed by atoms with Crippen molar-refractivity contribution in [3.8, 4) is 5.75 Å². The Morgan fingerprint density at radius 2 is 1.43 bits per heavy atom. The summed E-state index contributed by atoms with van der Waals surface area (Å²) in [5.74, 6) is 1.34. The highest BCUT2D eigenvalue weighted by atomic mass is 19.2. The van der Waals surface area contributed by atoms with E-state index in [2.05, 4.69) is 6.92 Å². The molecule has 0 saturated heterocycles. The first-order valence-electron chi connectivity index (χ1n) is 12.7. The van der Waals surface area contributed by atoms with Crippen LogP contribution in [-0.2, 0) is 0 Å². The van der Waals surface area contributed by atoms with E-state index < -0.39 is 11.6 Å². The quantitative estimate of drug-likeness (QED) is 0.344. The van der Waals surface area contributed by atoms with Crippen LogP contribution in [-0.4, -0.2) is 6.61 Å². The molecule has 0 aliphatic heterocycles. The van der Waals surface area contributed by atoms with Crippen LogP contribution in [0.4, 0.5) is 8.78 Å². The van der Waals surface area contributed by atoms with Crippen LogP contribution >= 0.6 is 0 Å². The van der Waals surface area contributed by atoms with Crippen LogP contribution in [0.3, 0.4) is 0 Å². The molecular formula is C27H42F2O. The van der Waals surface area contributed by atoms with Gasteiger partial charge in [0, 0.05) is 0 Å². The van der Waals surface area contributed by atoms with Gasteiger partial charge in [0.1, 0.15) is 0 Å². The van der Waals surface area contributed by atoms with Gasteiger partial charge in [0.15, 0.2) is 11.6 Å². The van der Waals surface area contributed by atoms with E-state index in [1.807, 2.05) is 6.92 Å². The molecule has 0 amide bonds. The Balaban J connectivity index is 1.45. The summed E-state index contributed by atoms with van der Waals surface area (Å²) in [6.45, 7) is 4.66. The molecule has 3 rings (SSSR count). The zero-order valence-electron chi connectivity index (χ0n) is 19.2. The summed E-state index contributed by atoms with van der Waals surface area (Å²) < 4.78 is 34.4. The van der Waals surface area contributed by atoms with Crippen LogP contribution in [0.2, 0.25) is 0 Å². The first-order chi connectivity index (χ1) is 14.6. The van der Waals surface area contributed by atoms with Gasteiger partial charge in [-0.25, -0.2) is 4.39 Å². The van der Waals surface area contributed by atoms with Crippen molar-refractivity contribution in [2.24, 2.45) is 17.8 Å². The molecule has 1 aromatic carbocycles. The molecule has 2 aliphatic carbocycles. The average Bonchev–Trinajstić information content (AvgIpc) is 2.78. The molecule has 0 N–H and O–H groups in total. The second kappa shape index (κ2) is 12.1. The number of hydrogen-bond donors (Lipinski definition) is 0. The molecule has 0 bridgehead atoms. The lowest BCUT2D eigenvalue weighted by Gasteiger charge is -2.38. The Hall–Kier alpha value is -1.12. The molecule has 1 nitrogen and oxygen atoms in total. The van der Waals surface area contributed by atoms with Gasteiger partial charge in [0.05, 0.1) is 6.61 Å². The lowest BCUT2D eigenvalue weighted by atomic mass is 9.68. The molecule has 0 radical (unpaired) electrons. The van der Waals surface area contributed by atoms with E-state index in [1.54, 1.807) is 12.1 Å². The SMILES string of the molecule is CCCCCCC1CCC(C2CCC(c3ccc(OCCC)c(F)c3F)CC2)CC1. The van der Waals surface area contributed by atoms with Crippen LogP contribution in [0.1, 0.15) is 115 Å². The van der Waals surface area contributed by atoms with E-state index >= 15 is 0 Å². The molecule has 0 spiro atoms. The third-order valence-corrected chi connectivity index (χ3v) is 7.77. The normalized spacial score (nSPS) is 27.2. The van der Waals surface area contributed by atoms with Crippen molar-refractivity contribution in [3.63, 3.8) is 0 Å². The van der Waals surface area contributed by atoms with E-state index in [1.165, 1.54) is 70.6 Å². The molecule has 2 fully saturated rings. The largest absolute Gasteiger partial charge is 0.490 e. The Kier molecular flexibility index (Phi) is 9.46. The maximum absolute atomic E-state index is 14.7. The van der Waals surface area contributed by atoms with Crippen molar-refractivity contribution in [1.29, 1.82) is 0 Å². The Bertz CT molecular complexity index is 628. The van der Waals surface area contributed by atoms with Gasteiger partial charge in [0.2, 0.25) is 5.82 Å². The van der Waals surface area contributed by atoms with Crippen molar-refractivity contribution in [3.05, 3.63) is 29.3 Å². The first kappa shape index (κ1) is 23.5. The molecule has 0 aromatic heterocycles. The summed E-state index contributed by atoms with van der Waals surface area (Å²) in [6.07, 6.45) is 17.7. The van der Waals surface area contributed by atoms with Gasteiger partial charge in [0.25, 0.3) is 0 Å². The number of halogens is 2. The van der Waals surface area contributed by atoms with Gasteiger partial charge >= 0.3 is 0 Å². The van der Waals surface area contributed by atoms with Gasteiger partial charge in [-0.1, -0.05) is 64.9 Å². The minimum Gasteiger partial charge on any atom is -0.490 e.